The summed E-state index contributed by atoms with van der Waals surface area (Å²) in [5.41, 5.74) is 1.10. The third-order valence-corrected chi connectivity index (χ3v) is 5.65. The van der Waals surface area contributed by atoms with Crippen molar-refractivity contribution >= 4 is 40.9 Å². The van der Waals surface area contributed by atoms with Crippen molar-refractivity contribution in [3.05, 3.63) is 42.5 Å². The number of nitrogens with one attached hydrogen (secondary N) is 2. The molecule has 166 valence electrons. The predicted octanol–water partition coefficient (Wildman–Crippen LogP) is 4.02. The van der Waals surface area contributed by atoms with Crippen LogP contribution < -0.4 is 20.1 Å². The largest absolute Gasteiger partial charge is 0.497 e. The van der Waals surface area contributed by atoms with Crippen LogP contribution in [-0.2, 0) is 14.4 Å². The second-order valence-electron chi connectivity index (χ2n) is 6.54. The van der Waals surface area contributed by atoms with Crippen molar-refractivity contribution in [2.45, 2.75) is 36.3 Å². The first-order chi connectivity index (χ1) is 14.9. The third kappa shape index (κ3) is 7.53. The number of ether oxygens (including phenoxy) is 2. The second kappa shape index (κ2) is 11.8. The van der Waals surface area contributed by atoms with Crippen LogP contribution in [0.25, 0.3) is 0 Å². The zero-order chi connectivity index (χ0) is 22.8. The van der Waals surface area contributed by atoms with E-state index in [9.17, 15) is 14.4 Å². The zero-order valence-electron chi connectivity index (χ0n) is 17.6. The summed E-state index contributed by atoms with van der Waals surface area (Å²) in [6, 6.07) is 12.2. The van der Waals surface area contributed by atoms with Crippen molar-refractivity contribution in [1.82, 2.24) is 0 Å². The van der Waals surface area contributed by atoms with Crippen LogP contribution in [0.5, 0.6) is 11.5 Å². The molecule has 0 saturated carbocycles. The van der Waals surface area contributed by atoms with E-state index in [-0.39, 0.29) is 29.9 Å². The molecule has 0 heterocycles. The molecule has 9 heteroatoms. The number of benzene rings is 2. The minimum Gasteiger partial charge on any atom is -0.497 e. The van der Waals surface area contributed by atoms with Crippen LogP contribution in [0.1, 0.15) is 26.2 Å². The number of rotatable bonds is 11. The molecule has 8 nitrogen and oxygen atoms in total. The monoisotopic (exact) mass is 446 g/mol. The molecule has 0 radical (unpaired) electrons. The van der Waals surface area contributed by atoms with Gasteiger partial charge in [-0.1, -0.05) is 13.0 Å². The van der Waals surface area contributed by atoms with Gasteiger partial charge in [-0.25, -0.2) is 0 Å². The van der Waals surface area contributed by atoms with Gasteiger partial charge < -0.3 is 25.2 Å². The van der Waals surface area contributed by atoms with Crippen LogP contribution in [0.4, 0.5) is 11.4 Å². The summed E-state index contributed by atoms with van der Waals surface area (Å²) in [5, 5.41) is 13.9. The molecule has 2 aromatic rings. The SMILES string of the molecule is CCC(Sc1cccc(NC(=O)CCC(=O)O)c1)C(=O)Nc1ccc(OC)cc1OC. The summed E-state index contributed by atoms with van der Waals surface area (Å²) in [5.74, 6) is -0.449. The van der Waals surface area contributed by atoms with Crippen LogP contribution in [0.15, 0.2) is 47.4 Å². The van der Waals surface area contributed by atoms with Crippen molar-refractivity contribution in [2.75, 3.05) is 24.9 Å². The maximum absolute atomic E-state index is 12.8. The van der Waals surface area contributed by atoms with Gasteiger partial charge in [-0.15, -0.1) is 11.8 Å². The Morgan fingerprint density at radius 3 is 2.45 bits per heavy atom. The van der Waals surface area contributed by atoms with Crippen LogP contribution in [-0.4, -0.2) is 42.4 Å². The van der Waals surface area contributed by atoms with E-state index in [1.807, 2.05) is 13.0 Å². The average Bonchev–Trinajstić information content (AvgIpc) is 2.76. The first-order valence-corrected chi connectivity index (χ1v) is 10.6. The summed E-state index contributed by atoms with van der Waals surface area (Å²) >= 11 is 1.37. The first-order valence-electron chi connectivity index (χ1n) is 9.67. The lowest BCUT2D eigenvalue weighted by Crippen LogP contribution is -2.24. The van der Waals surface area contributed by atoms with E-state index in [1.165, 1.54) is 18.9 Å². The van der Waals surface area contributed by atoms with Crippen molar-refractivity contribution in [1.29, 1.82) is 0 Å². The molecule has 0 aliphatic carbocycles. The molecule has 2 amide bonds. The van der Waals surface area contributed by atoms with Crippen LogP contribution >= 0.6 is 11.8 Å². The minimum atomic E-state index is -1.02. The Morgan fingerprint density at radius 2 is 1.81 bits per heavy atom. The molecule has 1 unspecified atom stereocenters. The Morgan fingerprint density at radius 1 is 1.03 bits per heavy atom. The number of methoxy groups -OCH3 is 2. The van der Waals surface area contributed by atoms with E-state index in [1.54, 1.807) is 43.5 Å². The van der Waals surface area contributed by atoms with Crippen molar-refractivity contribution in [3.63, 3.8) is 0 Å². The van der Waals surface area contributed by atoms with Gasteiger partial charge in [0, 0.05) is 23.1 Å². The van der Waals surface area contributed by atoms with Gasteiger partial charge in [-0.3, -0.25) is 14.4 Å². The number of hydrogen-bond acceptors (Lipinski definition) is 6. The van der Waals surface area contributed by atoms with Crippen molar-refractivity contribution < 1.29 is 29.0 Å². The molecular formula is C22H26N2O6S. The molecule has 0 aliphatic rings. The molecule has 0 aliphatic heterocycles. The maximum Gasteiger partial charge on any atom is 0.303 e. The van der Waals surface area contributed by atoms with Gasteiger partial charge in [-0.05, 0) is 36.8 Å². The molecule has 0 aromatic heterocycles. The topological polar surface area (TPSA) is 114 Å². The third-order valence-electron chi connectivity index (χ3n) is 4.29. The molecule has 0 fully saturated rings. The first kappa shape index (κ1) is 24.1. The number of carboxylic acids is 1. The van der Waals surface area contributed by atoms with E-state index >= 15 is 0 Å². The van der Waals surface area contributed by atoms with Gasteiger partial charge in [0.25, 0.3) is 0 Å². The highest BCUT2D eigenvalue weighted by Gasteiger charge is 2.20. The Kier molecular flexibility index (Phi) is 9.20. The van der Waals surface area contributed by atoms with Gasteiger partial charge in [0.2, 0.25) is 11.8 Å². The summed E-state index contributed by atoms with van der Waals surface area (Å²) < 4.78 is 10.5. The summed E-state index contributed by atoms with van der Waals surface area (Å²) in [6.07, 6.45) is 0.258. The fraction of sp³-hybridized carbons (Fsp3) is 0.318. The molecule has 2 aromatic carbocycles. The van der Waals surface area contributed by atoms with E-state index in [0.717, 1.165) is 4.90 Å². The summed E-state index contributed by atoms with van der Waals surface area (Å²) in [7, 11) is 3.08. The van der Waals surface area contributed by atoms with Crippen LogP contribution in [0, 0.1) is 0 Å². The van der Waals surface area contributed by atoms with Crippen LogP contribution in [0.3, 0.4) is 0 Å². The lowest BCUT2D eigenvalue weighted by molar-refractivity contribution is -0.138. The number of hydrogen-bond donors (Lipinski definition) is 3. The van der Waals surface area contributed by atoms with Gasteiger partial charge in [0.1, 0.15) is 11.5 Å². The molecule has 31 heavy (non-hydrogen) atoms. The maximum atomic E-state index is 12.8. The highest BCUT2D eigenvalue weighted by atomic mass is 32.2. The fourth-order valence-corrected chi connectivity index (χ4v) is 3.71. The Balaban J connectivity index is 2.04. The average molecular weight is 447 g/mol. The molecule has 0 saturated heterocycles. The van der Waals surface area contributed by atoms with E-state index in [2.05, 4.69) is 10.6 Å². The highest BCUT2D eigenvalue weighted by Crippen LogP contribution is 2.32. The molecule has 0 spiro atoms. The van der Waals surface area contributed by atoms with E-state index in [0.29, 0.717) is 29.3 Å². The van der Waals surface area contributed by atoms with Gasteiger partial charge in [0.15, 0.2) is 0 Å². The number of anilines is 2. The van der Waals surface area contributed by atoms with E-state index < -0.39 is 5.97 Å². The molecule has 0 bridgehead atoms. The standard InChI is InChI=1S/C22H26N2O6S/c1-4-19(22(28)24-17-9-8-15(29-2)13-18(17)30-3)31-16-7-5-6-14(12-16)23-20(25)10-11-21(26)27/h5-9,12-13,19H,4,10-11H2,1-3H3,(H,23,25)(H,24,28)(H,26,27). The molecule has 2 rings (SSSR count). The number of thioether (sulfide) groups is 1. The second-order valence-corrected chi connectivity index (χ2v) is 7.82. The Labute approximate surface area is 185 Å². The van der Waals surface area contributed by atoms with Gasteiger partial charge >= 0.3 is 5.97 Å². The number of carbonyl (C=O) groups excluding carboxylic acids is 2. The normalized spacial score (nSPS) is 11.3. The number of aliphatic carboxylic acids is 1. The minimum absolute atomic E-state index is 0.101. The van der Waals surface area contributed by atoms with Crippen molar-refractivity contribution in [2.24, 2.45) is 0 Å². The van der Waals surface area contributed by atoms with E-state index in [4.69, 9.17) is 14.6 Å². The molecule has 3 N–H and O–H groups in total. The number of carbonyl (C=O) groups is 3. The highest BCUT2D eigenvalue weighted by molar-refractivity contribution is 8.00. The van der Waals surface area contributed by atoms with Gasteiger partial charge in [0.05, 0.1) is 31.6 Å². The summed E-state index contributed by atoms with van der Waals surface area (Å²) in [6.45, 7) is 1.92. The van der Waals surface area contributed by atoms with Gasteiger partial charge in [-0.2, -0.15) is 0 Å². The predicted molar refractivity (Wildman–Crippen MR) is 120 cm³/mol. The smallest absolute Gasteiger partial charge is 0.303 e. The number of amides is 2. The quantitative estimate of drug-likeness (QED) is 0.447. The van der Waals surface area contributed by atoms with Crippen molar-refractivity contribution in [3.8, 4) is 11.5 Å². The Hall–Kier alpha value is -3.20. The molecule has 1 atom stereocenters. The lowest BCUT2D eigenvalue weighted by Gasteiger charge is -2.17. The summed E-state index contributed by atoms with van der Waals surface area (Å²) in [4.78, 5) is 36.1. The Bertz CT molecular complexity index is 934. The lowest BCUT2D eigenvalue weighted by atomic mass is 10.2. The number of carboxylic acid groups (broad SMARTS) is 1. The van der Waals surface area contributed by atoms with Crippen LogP contribution in [0.2, 0.25) is 0 Å². The molecular weight excluding hydrogens is 420 g/mol. The zero-order valence-corrected chi connectivity index (χ0v) is 18.5. The fourth-order valence-electron chi connectivity index (χ4n) is 2.69.